The van der Waals surface area contributed by atoms with Crippen molar-refractivity contribution in [2.75, 3.05) is 6.54 Å². The molecule has 20 heavy (non-hydrogen) atoms. The number of ketones is 1. The molecule has 0 radical (unpaired) electrons. The molecule has 0 amide bonds. The number of rotatable bonds is 4. The summed E-state index contributed by atoms with van der Waals surface area (Å²) < 4.78 is -0.167. The van der Waals surface area contributed by atoms with Crippen molar-refractivity contribution < 1.29 is 9.11 Å². The van der Waals surface area contributed by atoms with Crippen LogP contribution in [-0.4, -0.2) is 30.9 Å². The number of hydrogen-bond acceptors (Lipinski definition) is 2. The Kier molecular flexibility index (Phi) is 4.21. The molecule has 0 aromatic rings. The van der Waals surface area contributed by atoms with Gasteiger partial charge in [-0.3, -0.25) is 4.79 Å². The number of Topliss-reactive ketones (excluding diaryl/α,β-unsaturated/α-hetero) is 1. The van der Waals surface area contributed by atoms with E-state index in [9.17, 15) is 10.0 Å². The standard InChI is InChI=1S/C16H31NO2Si/c1-10-16(6,7)14-13(12(2)18)11-17(14,19)20(8,9)15(3,4)5/h10,13-14H,1,11H2,2-9H3. The maximum Gasteiger partial charge on any atom is 0.285 e. The van der Waals surface area contributed by atoms with Crippen molar-refractivity contribution in [3.8, 4) is 0 Å². The summed E-state index contributed by atoms with van der Waals surface area (Å²) in [5.41, 5.74) is -0.314. The predicted molar refractivity (Wildman–Crippen MR) is 87.6 cm³/mol. The molecule has 4 heteroatoms. The van der Waals surface area contributed by atoms with Crippen molar-refractivity contribution in [1.82, 2.24) is 0 Å². The first-order chi connectivity index (χ1) is 8.72. The van der Waals surface area contributed by atoms with Crippen LogP contribution in [0.1, 0.15) is 41.5 Å². The summed E-state index contributed by atoms with van der Waals surface area (Å²) in [5, 5.41) is 13.7. The molecule has 0 aromatic carbocycles. The SMILES string of the molecule is C=CC(C)(C)C1C(C(C)=O)C[N+]1([O-])[Si](C)(C)C(C)(C)C. The number of hydrogen-bond donors (Lipinski definition) is 0. The van der Waals surface area contributed by atoms with E-state index in [4.69, 9.17) is 0 Å². The van der Waals surface area contributed by atoms with Gasteiger partial charge in [-0.2, -0.15) is 0 Å². The largest absolute Gasteiger partial charge is 0.652 e. The van der Waals surface area contributed by atoms with Gasteiger partial charge in [-0.1, -0.05) is 40.7 Å². The zero-order valence-electron chi connectivity index (χ0n) is 14.4. The lowest BCUT2D eigenvalue weighted by Crippen LogP contribution is -2.83. The van der Waals surface area contributed by atoms with Gasteiger partial charge in [-0.15, -0.1) is 6.58 Å². The van der Waals surface area contributed by atoms with E-state index in [0.29, 0.717) is 6.54 Å². The van der Waals surface area contributed by atoms with Crippen LogP contribution in [0.15, 0.2) is 12.7 Å². The van der Waals surface area contributed by atoms with Crippen LogP contribution < -0.4 is 0 Å². The van der Waals surface area contributed by atoms with Crippen LogP contribution in [0.3, 0.4) is 0 Å². The van der Waals surface area contributed by atoms with Crippen molar-refractivity contribution in [3.63, 3.8) is 0 Å². The van der Waals surface area contributed by atoms with Crippen molar-refractivity contribution in [1.29, 1.82) is 0 Å². The highest BCUT2D eigenvalue weighted by Crippen LogP contribution is 2.54. The Morgan fingerprint density at radius 3 is 2.05 bits per heavy atom. The fraction of sp³-hybridized carbons (Fsp3) is 0.812. The molecular formula is C16H31NO2Si. The zero-order valence-corrected chi connectivity index (χ0v) is 15.4. The van der Waals surface area contributed by atoms with Crippen LogP contribution >= 0.6 is 0 Å². The van der Waals surface area contributed by atoms with Gasteiger partial charge >= 0.3 is 0 Å². The van der Waals surface area contributed by atoms with Crippen molar-refractivity contribution in [3.05, 3.63) is 17.9 Å². The Morgan fingerprint density at radius 2 is 1.75 bits per heavy atom. The van der Waals surface area contributed by atoms with Crippen molar-refractivity contribution in [2.24, 2.45) is 11.3 Å². The summed E-state index contributed by atoms with van der Waals surface area (Å²) in [6.45, 7) is 20.9. The summed E-state index contributed by atoms with van der Waals surface area (Å²) in [5.74, 6) is 0.0304. The lowest BCUT2D eigenvalue weighted by atomic mass is 9.71. The van der Waals surface area contributed by atoms with Crippen LogP contribution in [0.25, 0.3) is 0 Å². The second-order valence-electron chi connectivity index (χ2n) is 8.47. The maximum atomic E-state index is 13.7. The van der Waals surface area contributed by atoms with E-state index in [-0.39, 0.29) is 32.5 Å². The summed E-state index contributed by atoms with van der Waals surface area (Å²) >= 11 is 0. The van der Waals surface area contributed by atoms with Gasteiger partial charge in [-0.25, -0.2) is 0 Å². The molecule has 1 fully saturated rings. The zero-order chi connectivity index (χ0) is 16.1. The number of nitrogens with zero attached hydrogens (tertiary/aromatic N) is 1. The van der Waals surface area contributed by atoms with Crippen LogP contribution in [0.2, 0.25) is 18.1 Å². The molecular weight excluding hydrogens is 266 g/mol. The third-order valence-corrected chi connectivity index (χ3v) is 11.9. The normalized spacial score (nSPS) is 31.6. The lowest BCUT2D eigenvalue weighted by molar-refractivity contribution is -0.875. The quantitative estimate of drug-likeness (QED) is 0.445. The third kappa shape index (κ3) is 2.32. The van der Waals surface area contributed by atoms with Crippen LogP contribution in [0.5, 0.6) is 0 Å². The fourth-order valence-electron chi connectivity index (χ4n) is 3.33. The molecule has 0 aliphatic carbocycles. The molecule has 0 aromatic heterocycles. The lowest BCUT2D eigenvalue weighted by Gasteiger charge is -2.73. The van der Waals surface area contributed by atoms with Gasteiger partial charge in [0.1, 0.15) is 11.7 Å². The Morgan fingerprint density at radius 1 is 1.30 bits per heavy atom. The summed E-state index contributed by atoms with van der Waals surface area (Å²) in [4.78, 5) is 11.9. The summed E-state index contributed by atoms with van der Waals surface area (Å²) in [6.07, 6.45) is 1.85. The number of quaternary nitrogens is 1. The van der Waals surface area contributed by atoms with Gasteiger partial charge < -0.3 is 9.52 Å². The van der Waals surface area contributed by atoms with E-state index in [2.05, 4.69) is 40.4 Å². The third-order valence-electron chi connectivity index (χ3n) is 5.89. The summed E-state index contributed by atoms with van der Waals surface area (Å²) in [6, 6.07) is -0.182. The second-order valence-corrected chi connectivity index (χ2v) is 13.8. The number of hydroxylamine groups is 2. The Hall–Kier alpha value is -0.453. The number of carbonyl (C=O) groups excluding carboxylic acids is 1. The highest BCUT2D eigenvalue weighted by molar-refractivity contribution is 6.73. The van der Waals surface area contributed by atoms with Gasteiger partial charge in [0, 0.05) is 10.5 Å². The Labute approximate surface area is 125 Å². The first-order valence-electron chi connectivity index (χ1n) is 7.45. The van der Waals surface area contributed by atoms with Gasteiger partial charge in [-0.05, 0) is 20.0 Å². The van der Waals surface area contributed by atoms with Gasteiger partial charge in [0.2, 0.25) is 0 Å². The molecule has 1 rings (SSSR count). The average molecular weight is 298 g/mol. The molecule has 1 aliphatic rings. The van der Waals surface area contributed by atoms with E-state index in [1.807, 2.05) is 19.9 Å². The highest BCUT2D eigenvalue weighted by Gasteiger charge is 2.65. The van der Waals surface area contributed by atoms with E-state index in [1.165, 1.54) is 0 Å². The minimum absolute atomic E-state index is 0.00596. The van der Waals surface area contributed by atoms with Crippen LogP contribution in [0.4, 0.5) is 0 Å². The average Bonchev–Trinajstić information content (AvgIpc) is 2.22. The second kappa shape index (κ2) is 4.78. The molecule has 1 heterocycles. The van der Waals surface area contributed by atoms with Gasteiger partial charge in [0.25, 0.3) is 8.24 Å². The molecule has 0 spiro atoms. The molecule has 116 valence electrons. The Balaban J connectivity index is 3.32. The highest BCUT2D eigenvalue weighted by atomic mass is 28.3. The maximum absolute atomic E-state index is 13.7. The molecule has 3 nitrogen and oxygen atoms in total. The first-order valence-corrected chi connectivity index (χ1v) is 10.4. The van der Waals surface area contributed by atoms with Crippen LogP contribution in [0, 0.1) is 16.5 Å². The monoisotopic (exact) mass is 297 g/mol. The molecule has 3 unspecified atom stereocenters. The predicted octanol–water partition coefficient (Wildman–Crippen LogP) is 4.11. The number of carbonyl (C=O) groups is 1. The van der Waals surface area contributed by atoms with E-state index in [1.54, 1.807) is 6.92 Å². The Bertz CT molecular complexity index is 423. The van der Waals surface area contributed by atoms with E-state index >= 15 is 0 Å². The van der Waals surface area contributed by atoms with Gasteiger partial charge in [0.15, 0.2) is 0 Å². The van der Waals surface area contributed by atoms with E-state index in [0.717, 1.165) is 0 Å². The minimum Gasteiger partial charge on any atom is -0.652 e. The molecule has 0 N–H and O–H groups in total. The van der Waals surface area contributed by atoms with Crippen molar-refractivity contribution in [2.45, 2.75) is 65.7 Å². The molecule has 1 saturated heterocycles. The topological polar surface area (TPSA) is 40.1 Å². The molecule has 0 bridgehead atoms. The van der Waals surface area contributed by atoms with Gasteiger partial charge in [0.05, 0.1) is 12.6 Å². The minimum atomic E-state index is -2.14. The smallest absolute Gasteiger partial charge is 0.285 e. The fourth-order valence-corrected chi connectivity index (χ4v) is 6.33. The molecule has 3 atom stereocenters. The molecule has 1 aliphatic heterocycles. The molecule has 0 saturated carbocycles. The van der Waals surface area contributed by atoms with Crippen molar-refractivity contribution >= 4 is 14.0 Å². The van der Waals surface area contributed by atoms with Crippen LogP contribution in [-0.2, 0) is 4.79 Å². The summed E-state index contributed by atoms with van der Waals surface area (Å²) in [7, 11) is -2.14. The first kappa shape index (κ1) is 17.6. The van der Waals surface area contributed by atoms with E-state index < -0.39 is 8.24 Å².